The zero-order valence-electron chi connectivity index (χ0n) is 24.6. The Morgan fingerprint density at radius 2 is 1.90 bits per heavy atom. The van der Waals surface area contributed by atoms with Crippen LogP contribution in [0.3, 0.4) is 0 Å². The Labute approximate surface area is 251 Å². The minimum atomic E-state index is -0.400. The van der Waals surface area contributed by atoms with Gasteiger partial charge in [-0.2, -0.15) is 5.10 Å². The van der Waals surface area contributed by atoms with Crippen molar-refractivity contribution in [3.8, 4) is 0 Å². The van der Waals surface area contributed by atoms with E-state index in [0.29, 0.717) is 32.1 Å². The number of likely N-dealkylation sites (tertiary alicyclic amines) is 1. The Kier molecular flexibility index (Phi) is 8.16. The van der Waals surface area contributed by atoms with Crippen LogP contribution in [0.4, 0.5) is 10.5 Å². The number of nitrogens with zero attached hydrogens (tertiary/aromatic N) is 4. The molecule has 0 aliphatic carbocycles. The van der Waals surface area contributed by atoms with Gasteiger partial charge in [0.05, 0.1) is 17.0 Å². The highest BCUT2D eigenvalue weighted by molar-refractivity contribution is 8.01. The fourth-order valence-corrected chi connectivity index (χ4v) is 7.92. The first-order valence-corrected chi connectivity index (χ1v) is 16.1. The van der Waals surface area contributed by atoms with E-state index in [4.69, 9.17) is 0 Å². The second-order valence-corrected chi connectivity index (χ2v) is 13.5. The Balaban J connectivity index is 1.09. The van der Waals surface area contributed by atoms with Gasteiger partial charge in [-0.3, -0.25) is 14.7 Å². The number of anilines is 1. The van der Waals surface area contributed by atoms with Gasteiger partial charge in [-0.15, -0.1) is 11.8 Å². The highest BCUT2D eigenvalue weighted by Gasteiger charge is 2.43. The van der Waals surface area contributed by atoms with Crippen molar-refractivity contribution < 1.29 is 14.4 Å². The number of thioether (sulfide) groups is 1. The summed E-state index contributed by atoms with van der Waals surface area (Å²) in [5.74, 6) is 0.557. The number of carbonyl (C=O) groups is 3. The van der Waals surface area contributed by atoms with Crippen LogP contribution < -0.4 is 5.32 Å². The second-order valence-electron chi connectivity index (χ2n) is 12.2. The van der Waals surface area contributed by atoms with E-state index < -0.39 is 5.25 Å². The monoisotopic (exact) mass is 588 g/mol. The van der Waals surface area contributed by atoms with Crippen LogP contribution in [0.2, 0.25) is 0 Å². The summed E-state index contributed by atoms with van der Waals surface area (Å²) < 4.78 is 0. The lowest BCUT2D eigenvalue weighted by molar-refractivity contribution is -0.136. The first-order chi connectivity index (χ1) is 20.3. The van der Waals surface area contributed by atoms with Crippen LogP contribution in [-0.4, -0.2) is 80.2 Å². The number of rotatable bonds is 7. The molecule has 2 unspecified atom stereocenters. The molecule has 1 aromatic heterocycles. The van der Waals surface area contributed by atoms with E-state index >= 15 is 0 Å². The SMILES string of the molecule is Cc1cc(C2SC(CC(=O)N3CCC(N4CCc5ccccc5NC4=O)CC3)C(=O)N2CCC(C)C)cc2cn[nH]c12. The van der Waals surface area contributed by atoms with Crippen LogP contribution in [0.5, 0.6) is 0 Å². The van der Waals surface area contributed by atoms with E-state index in [0.717, 1.165) is 59.0 Å². The first kappa shape index (κ1) is 28.6. The average molecular weight is 589 g/mol. The molecule has 222 valence electrons. The molecule has 0 spiro atoms. The van der Waals surface area contributed by atoms with Crippen LogP contribution in [0.15, 0.2) is 42.6 Å². The van der Waals surface area contributed by atoms with Crippen LogP contribution >= 0.6 is 11.8 Å². The van der Waals surface area contributed by atoms with Crippen molar-refractivity contribution in [1.29, 1.82) is 0 Å². The Morgan fingerprint density at radius 1 is 1.12 bits per heavy atom. The average Bonchev–Trinajstić information content (AvgIpc) is 3.53. The summed E-state index contributed by atoms with van der Waals surface area (Å²) in [4.78, 5) is 46.0. The van der Waals surface area contributed by atoms with Crippen molar-refractivity contribution in [2.24, 2.45) is 5.92 Å². The van der Waals surface area contributed by atoms with Crippen LogP contribution in [0, 0.1) is 12.8 Å². The van der Waals surface area contributed by atoms with Crippen LogP contribution in [-0.2, 0) is 16.0 Å². The van der Waals surface area contributed by atoms with Crippen LogP contribution in [0.25, 0.3) is 10.9 Å². The number of para-hydroxylation sites is 1. The molecule has 10 heteroatoms. The summed E-state index contributed by atoms with van der Waals surface area (Å²) in [6.07, 6.45) is 5.25. The smallest absolute Gasteiger partial charge is 0.322 e. The van der Waals surface area contributed by atoms with Crippen molar-refractivity contribution in [3.63, 3.8) is 0 Å². The van der Waals surface area contributed by atoms with Gasteiger partial charge in [-0.25, -0.2) is 4.79 Å². The molecule has 2 atom stereocenters. The number of H-pyrrole nitrogens is 1. The summed E-state index contributed by atoms with van der Waals surface area (Å²) >= 11 is 1.60. The number of nitrogens with one attached hydrogen (secondary N) is 2. The van der Waals surface area contributed by atoms with E-state index in [1.54, 1.807) is 11.8 Å². The third-order valence-electron chi connectivity index (χ3n) is 8.90. The van der Waals surface area contributed by atoms with Gasteiger partial charge >= 0.3 is 6.03 Å². The van der Waals surface area contributed by atoms with Crippen molar-refractivity contribution >= 4 is 46.2 Å². The largest absolute Gasteiger partial charge is 0.342 e. The topological polar surface area (TPSA) is 102 Å². The summed E-state index contributed by atoms with van der Waals surface area (Å²) in [5, 5.41) is 10.8. The zero-order chi connectivity index (χ0) is 29.4. The molecule has 2 N–H and O–H groups in total. The first-order valence-electron chi connectivity index (χ1n) is 15.1. The van der Waals surface area contributed by atoms with Gasteiger partial charge in [0.15, 0.2) is 0 Å². The quantitative estimate of drug-likeness (QED) is 0.389. The van der Waals surface area contributed by atoms with Gasteiger partial charge in [0.1, 0.15) is 5.37 Å². The fourth-order valence-electron chi connectivity index (χ4n) is 6.47. The maximum Gasteiger partial charge on any atom is 0.322 e. The number of amides is 4. The molecule has 0 radical (unpaired) electrons. The highest BCUT2D eigenvalue weighted by atomic mass is 32.2. The zero-order valence-corrected chi connectivity index (χ0v) is 25.5. The molecular formula is C32H40N6O3S. The van der Waals surface area contributed by atoms with Crippen molar-refractivity contribution in [1.82, 2.24) is 24.9 Å². The maximum absolute atomic E-state index is 13.7. The van der Waals surface area contributed by atoms with E-state index in [2.05, 4.69) is 54.5 Å². The van der Waals surface area contributed by atoms with Gasteiger partial charge < -0.3 is 20.0 Å². The number of hydrogen-bond acceptors (Lipinski definition) is 5. The molecule has 6 rings (SSSR count). The maximum atomic E-state index is 13.7. The minimum Gasteiger partial charge on any atom is -0.342 e. The third-order valence-corrected chi connectivity index (χ3v) is 10.4. The molecule has 2 saturated heterocycles. The number of carbonyl (C=O) groups excluding carboxylic acids is 3. The Hall–Kier alpha value is -3.53. The fraction of sp³-hybridized carbons (Fsp3) is 0.500. The second kappa shape index (κ2) is 12.0. The molecule has 0 bridgehead atoms. The predicted octanol–water partition coefficient (Wildman–Crippen LogP) is 5.33. The number of aromatic nitrogens is 2. The normalized spacial score (nSPS) is 21.7. The lowest BCUT2D eigenvalue weighted by Gasteiger charge is -2.38. The number of piperidine rings is 1. The summed E-state index contributed by atoms with van der Waals surface area (Å²) in [5.41, 5.74) is 5.23. The number of hydrogen-bond donors (Lipinski definition) is 2. The Morgan fingerprint density at radius 3 is 2.69 bits per heavy atom. The lowest BCUT2D eigenvalue weighted by atomic mass is 10.0. The predicted molar refractivity (Wildman–Crippen MR) is 166 cm³/mol. The van der Waals surface area contributed by atoms with E-state index in [9.17, 15) is 14.4 Å². The molecule has 2 aromatic carbocycles. The van der Waals surface area contributed by atoms with Gasteiger partial charge in [0, 0.05) is 49.7 Å². The standard InChI is InChI=1S/C32H40N6O3S/c1-20(2)8-14-38-30(40)27(42-31(38)23-16-21(3)29-24(17-23)19-33-35-29)18-28(39)36-12-10-25(11-13-36)37-15-9-22-6-4-5-7-26(22)34-32(37)41/h4-7,16-17,19-20,25,27,31H,8-15,18H2,1-3H3,(H,33,35)(H,34,41). The van der Waals surface area contributed by atoms with Gasteiger partial charge in [0.2, 0.25) is 11.8 Å². The molecule has 0 saturated carbocycles. The number of benzene rings is 2. The summed E-state index contributed by atoms with van der Waals surface area (Å²) in [6.45, 7) is 8.95. The molecule has 4 amide bonds. The van der Waals surface area contributed by atoms with Crippen molar-refractivity contribution in [3.05, 3.63) is 59.3 Å². The lowest BCUT2D eigenvalue weighted by Crippen LogP contribution is -2.50. The number of urea groups is 1. The Bertz CT molecular complexity index is 1480. The molecular weight excluding hydrogens is 548 g/mol. The molecule has 3 aliphatic rings. The number of aryl methyl sites for hydroxylation is 1. The van der Waals surface area contributed by atoms with E-state index in [1.807, 2.05) is 39.1 Å². The van der Waals surface area contributed by atoms with E-state index in [-0.39, 0.29) is 35.7 Å². The summed E-state index contributed by atoms with van der Waals surface area (Å²) in [6, 6.07) is 12.3. The van der Waals surface area contributed by atoms with Gasteiger partial charge in [-0.05, 0) is 67.3 Å². The highest BCUT2D eigenvalue weighted by Crippen LogP contribution is 2.45. The molecule has 3 aliphatic heterocycles. The number of fused-ring (bicyclic) bond motifs is 2. The summed E-state index contributed by atoms with van der Waals surface area (Å²) in [7, 11) is 0. The van der Waals surface area contributed by atoms with Crippen LogP contribution in [0.1, 0.15) is 61.6 Å². The van der Waals surface area contributed by atoms with Gasteiger partial charge in [-0.1, -0.05) is 38.1 Å². The molecule has 2 fully saturated rings. The van der Waals surface area contributed by atoms with E-state index in [1.165, 1.54) is 0 Å². The molecule has 3 aromatic rings. The van der Waals surface area contributed by atoms with Crippen molar-refractivity contribution in [2.75, 3.05) is 31.5 Å². The van der Waals surface area contributed by atoms with Crippen molar-refractivity contribution in [2.45, 2.75) is 69.5 Å². The third kappa shape index (κ3) is 5.73. The molecule has 42 heavy (non-hydrogen) atoms. The minimum absolute atomic E-state index is 0.0259. The molecule has 4 heterocycles. The molecule has 9 nitrogen and oxygen atoms in total. The van der Waals surface area contributed by atoms with Gasteiger partial charge in [0.25, 0.3) is 0 Å². The number of aromatic amines is 1.